The van der Waals surface area contributed by atoms with Crippen molar-refractivity contribution in [2.75, 3.05) is 19.6 Å². The molecule has 1 fully saturated rings. The molecule has 0 saturated heterocycles. The average Bonchev–Trinajstić information content (AvgIpc) is 2.96. The number of nitrogens with zero attached hydrogens (tertiary/aromatic N) is 1. The number of hydrogen-bond acceptors (Lipinski definition) is 2. The van der Waals surface area contributed by atoms with Crippen molar-refractivity contribution in [1.82, 2.24) is 4.90 Å². The van der Waals surface area contributed by atoms with E-state index in [-0.39, 0.29) is 0 Å². The van der Waals surface area contributed by atoms with Gasteiger partial charge in [-0.05, 0) is 44.8 Å². The van der Waals surface area contributed by atoms with E-state index in [4.69, 9.17) is 5.73 Å². The Labute approximate surface area is 82.5 Å². The zero-order valence-corrected chi connectivity index (χ0v) is 9.13. The molecule has 78 valence electrons. The van der Waals surface area contributed by atoms with Crippen LogP contribution in [0.1, 0.15) is 39.5 Å². The van der Waals surface area contributed by atoms with Gasteiger partial charge in [0.2, 0.25) is 0 Å². The second-order valence-corrected chi connectivity index (χ2v) is 4.16. The minimum Gasteiger partial charge on any atom is -0.330 e. The molecule has 0 aliphatic heterocycles. The maximum absolute atomic E-state index is 5.68. The summed E-state index contributed by atoms with van der Waals surface area (Å²) in [5.74, 6) is 0.743. The summed E-state index contributed by atoms with van der Waals surface area (Å²) >= 11 is 0. The predicted octanol–water partition coefficient (Wildman–Crippen LogP) is 1.85. The van der Waals surface area contributed by atoms with Crippen molar-refractivity contribution in [3.63, 3.8) is 0 Å². The highest BCUT2D eigenvalue weighted by Crippen LogP contribution is 2.27. The lowest BCUT2D eigenvalue weighted by molar-refractivity contribution is 0.253. The van der Waals surface area contributed by atoms with E-state index in [0.717, 1.165) is 18.5 Å². The number of rotatable bonds is 7. The van der Waals surface area contributed by atoms with E-state index in [2.05, 4.69) is 18.7 Å². The molecule has 0 aromatic rings. The summed E-state index contributed by atoms with van der Waals surface area (Å²) in [6, 6.07) is 0.917. The smallest absolute Gasteiger partial charge is 0.00963 e. The summed E-state index contributed by atoms with van der Waals surface area (Å²) < 4.78 is 0. The summed E-state index contributed by atoms with van der Waals surface area (Å²) in [7, 11) is 0. The van der Waals surface area contributed by atoms with Crippen LogP contribution in [-0.2, 0) is 0 Å². The Bertz CT molecular complexity index is 128. The fraction of sp³-hybridized carbons (Fsp3) is 1.00. The van der Waals surface area contributed by atoms with Gasteiger partial charge in [-0.2, -0.15) is 0 Å². The highest BCUT2D eigenvalue weighted by molar-refractivity contribution is 4.84. The van der Waals surface area contributed by atoms with Crippen LogP contribution >= 0.6 is 0 Å². The molecule has 0 heterocycles. The molecule has 0 radical (unpaired) electrons. The second kappa shape index (κ2) is 5.61. The van der Waals surface area contributed by atoms with Crippen LogP contribution in [0.5, 0.6) is 0 Å². The first-order valence-electron chi connectivity index (χ1n) is 5.75. The van der Waals surface area contributed by atoms with Crippen molar-refractivity contribution in [1.29, 1.82) is 0 Å². The molecule has 1 unspecified atom stereocenters. The Kier molecular flexibility index (Phi) is 4.74. The minimum atomic E-state index is 0.743. The number of hydrogen-bond donors (Lipinski definition) is 1. The molecular weight excluding hydrogens is 160 g/mol. The normalized spacial score (nSPS) is 19.4. The molecule has 2 heteroatoms. The van der Waals surface area contributed by atoms with Crippen LogP contribution in [0.2, 0.25) is 0 Å². The molecule has 0 aromatic carbocycles. The lowest BCUT2D eigenvalue weighted by Gasteiger charge is -2.22. The molecule has 0 aromatic heterocycles. The average molecular weight is 184 g/mol. The third-order valence-electron chi connectivity index (χ3n) is 3.20. The van der Waals surface area contributed by atoms with Crippen molar-refractivity contribution in [2.24, 2.45) is 11.7 Å². The zero-order valence-electron chi connectivity index (χ0n) is 9.13. The van der Waals surface area contributed by atoms with E-state index >= 15 is 0 Å². The van der Waals surface area contributed by atoms with Gasteiger partial charge in [0.15, 0.2) is 0 Å². The lowest BCUT2D eigenvalue weighted by Crippen LogP contribution is -2.29. The van der Waals surface area contributed by atoms with Crippen LogP contribution in [-0.4, -0.2) is 30.6 Å². The maximum atomic E-state index is 5.68. The third-order valence-corrected chi connectivity index (χ3v) is 3.20. The molecule has 2 nitrogen and oxygen atoms in total. The van der Waals surface area contributed by atoms with Gasteiger partial charge in [-0.1, -0.05) is 20.3 Å². The quantitative estimate of drug-likeness (QED) is 0.654. The maximum Gasteiger partial charge on any atom is 0.00963 e. The standard InChI is InChI=1S/C11H24N2/c1-3-10(9-12)7-8-13(4-2)11-5-6-11/h10-11H,3-9,12H2,1-2H3. The Morgan fingerprint density at radius 2 is 2.08 bits per heavy atom. The zero-order chi connectivity index (χ0) is 9.68. The Balaban J connectivity index is 2.14. The second-order valence-electron chi connectivity index (χ2n) is 4.16. The van der Waals surface area contributed by atoms with E-state index in [1.165, 1.54) is 38.8 Å². The molecule has 0 amide bonds. The van der Waals surface area contributed by atoms with Crippen LogP contribution in [0.3, 0.4) is 0 Å². The molecule has 1 aliphatic carbocycles. The minimum absolute atomic E-state index is 0.743. The van der Waals surface area contributed by atoms with Crippen LogP contribution in [0, 0.1) is 5.92 Å². The van der Waals surface area contributed by atoms with Gasteiger partial charge < -0.3 is 10.6 Å². The summed E-state index contributed by atoms with van der Waals surface area (Å²) in [6.45, 7) is 7.84. The van der Waals surface area contributed by atoms with Crippen LogP contribution in [0.15, 0.2) is 0 Å². The van der Waals surface area contributed by atoms with Crippen molar-refractivity contribution >= 4 is 0 Å². The summed E-state index contributed by atoms with van der Waals surface area (Å²) in [5.41, 5.74) is 5.68. The van der Waals surface area contributed by atoms with Gasteiger partial charge in [0.25, 0.3) is 0 Å². The number of nitrogens with two attached hydrogens (primary N) is 1. The molecule has 0 spiro atoms. The first kappa shape index (κ1) is 11.0. The SMILES string of the molecule is CCC(CN)CCN(CC)C1CC1. The molecule has 2 N–H and O–H groups in total. The van der Waals surface area contributed by atoms with Crippen molar-refractivity contribution in [2.45, 2.75) is 45.6 Å². The van der Waals surface area contributed by atoms with Crippen molar-refractivity contribution in [3.8, 4) is 0 Å². The van der Waals surface area contributed by atoms with E-state index < -0.39 is 0 Å². The van der Waals surface area contributed by atoms with E-state index in [1.807, 2.05) is 0 Å². The molecule has 13 heavy (non-hydrogen) atoms. The van der Waals surface area contributed by atoms with E-state index in [1.54, 1.807) is 0 Å². The van der Waals surface area contributed by atoms with Crippen molar-refractivity contribution < 1.29 is 0 Å². The Hall–Kier alpha value is -0.0800. The van der Waals surface area contributed by atoms with Crippen molar-refractivity contribution in [3.05, 3.63) is 0 Å². The lowest BCUT2D eigenvalue weighted by atomic mass is 10.0. The first-order chi connectivity index (χ1) is 6.31. The molecule has 1 atom stereocenters. The van der Waals surface area contributed by atoms with Gasteiger partial charge in [0.1, 0.15) is 0 Å². The Morgan fingerprint density at radius 3 is 2.46 bits per heavy atom. The van der Waals surface area contributed by atoms with Gasteiger partial charge in [0.05, 0.1) is 0 Å². The van der Waals surface area contributed by atoms with Gasteiger partial charge in [-0.25, -0.2) is 0 Å². The largest absolute Gasteiger partial charge is 0.330 e. The first-order valence-corrected chi connectivity index (χ1v) is 5.75. The predicted molar refractivity (Wildman–Crippen MR) is 57.7 cm³/mol. The van der Waals surface area contributed by atoms with Gasteiger partial charge in [0, 0.05) is 6.04 Å². The summed E-state index contributed by atoms with van der Waals surface area (Å²) in [6.07, 6.45) is 5.37. The van der Waals surface area contributed by atoms with Crippen LogP contribution in [0.4, 0.5) is 0 Å². The van der Waals surface area contributed by atoms with Crippen LogP contribution in [0.25, 0.3) is 0 Å². The van der Waals surface area contributed by atoms with E-state index in [9.17, 15) is 0 Å². The van der Waals surface area contributed by atoms with Gasteiger partial charge >= 0.3 is 0 Å². The molecular formula is C11H24N2. The topological polar surface area (TPSA) is 29.3 Å². The Morgan fingerprint density at radius 1 is 1.38 bits per heavy atom. The molecule has 1 saturated carbocycles. The highest BCUT2D eigenvalue weighted by Gasteiger charge is 2.27. The fourth-order valence-electron chi connectivity index (χ4n) is 1.88. The van der Waals surface area contributed by atoms with Crippen LogP contribution < -0.4 is 5.73 Å². The highest BCUT2D eigenvalue weighted by atomic mass is 15.2. The molecule has 1 aliphatic rings. The summed E-state index contributed by atoms with van der Waals surface area (Å²) in [5, 5.41) is 0. The fourth-order valence-corrected chi connectivity index (χ4v) is 1.88. The molecule has 0 bridgehead atoms. The monoisotopic (exact) mass is 184 g/mol. The van der Waals surface area contributed by atoms with Gasteiger partial charge in [-0.15, -0.1) is 0 Å². The third kappa shape index (κ3) is 3.65. The molecule has 1 rings (SSSR count). The van der Waals surface area contributed by atoms with E-state index in [0.29, 0.717) is 0 Å². The summed E-state index contributed by atoms with van der Waals surface area (Å²) in [4.78, 5) is 2.61. The van der Waals surface area contributed by atoms with Gasteiger partial charge in [-0.3, -0.25) is 0 Å².